The Morgan fingerprint density at radius 1 is 0.296 bits per heavy atom. The Hall–Kier alpha value is -9.32. The fraction of sp³-hybridized carbons (Fsp3) is 0.636. The van der Waals surface area contributed by atoms with Crippen LogP contribution < -0.4 is 88.8 Å². The molecule has 30 N–H and O–H groups in total. The Labute approximate surface area is 463 Å². The summed E-state index contributed by atoms with van der Waals surface area (Å²) in [5, 5.41) is 63.6. The molecule has 0 saturated carbocycles. The number of guanidine groups is 4. The number of aliphatic carboxylic acids is 5. The van der Waals surface area contributed by atoms with Crippen molar-refractivity contribution in [2.45, 2.75) is 151 Å². The van der Waals surface area contributed by atoms with Gasteiger partial charge in [-0.1, -0.05) is 0 Å². The summed E-state index contributed by atoms with van der Waals surface area (Å²) in [5.74, 6) is -16.4. The number of rotatable bonds is 43. The molecule has 0 aromatic heterocycles. The second-order valence-electron chi connectivity index (χ2n) is 17.9. The van der Waals surface area contributed by atoms with Crippen LogP contribution in [0.1, 0.15) is 103 Å². The quantitative estimate of drug-likeness (QED) is 0.0153. The minimum absolute atomic E-state index is 0.0207. The molecule has 37 heteroatoms. The fourth-order valence-electron chi connectivity index (χ4n) is 7.02. The van der Waals surface area contributed by atoms with Gasteiger partial charge in [0.25, 0.3) is 0 Å². The summed E-state index contributed by atoms with van der Waals surface area (Å²) >= 11 is 0. The first-order valence-corrected chi connectivity index (χ1v) is 25.1. The van der Waals surface area contributed by atoms with Crippen molar-refractivity contribution in [3.8, 4) is 0 Å². The lowest BCUT2D eigenvalue weighted by Gasteiger charge is -2.28. The summed E-state index contributed by atoms with van der Waals surface area (Å²) < 4.78 is 0. The van der Waals surface area contributed by atoms with Gasteiger partial charge in [-0.25, -0.2) is 4.79 Å². The molecule has 7 amide bonds. The monoisotopic (exact) mass is 1160 g/mol. The number of carbonyl (C=O) groups is 12. The molecule has 456 valence electrons. The molecule has 0 aliphatic carbocycles. The van der Waals surface area contributed by atoms with E-state index in [1.165, 1.54) is 0 Å². The number of hydrogen-bond acceptors (Lipinski definition) is 17. The zero-order valence-corrected chi connectivity index (χ0v) is 44.4. The lowest BCUT2D eigenvalue weighted by molar-refractivity contribution is -0.143. The molecule has 81 heavy (non-hydrogen) atoms. The molecule has 0 saturated heterocycles. The lowest BCUT2D eigenvalue weighted by Crippen LogP contribution is -2.60. The van der Waals surface area contributed by atoms with E-state index in [1.54, 1.807) is 0 Å². The van der Waals surface area contributed by atoms with Crippen molar-refractivity contribution in [2.24, 2.45) is 71.6 Å². The van der Waals surface area contributed by atoms with Gasteiger partial charge in [0.2, 0.25) is 41.4 Å². The number of nitrogens with one attached hydrogen (secondary N) is 7. The van der Waals surface area contributed by atoms with Gasteiger partial charge in [0, 0.05) is 51.9 Å². The zero-order chi connectivity index (χ0) is 61.8. The van der Waals surface area contributed by atoms with Crippen molar-refractivity contribution < 1.29 is 83.1 Å². The molecule has 37 nitrogen and oxygen atoms in total. The van der Waals surface area contributed by atoms with Crippen molar-refractivity contribution in [2.75, 3.05) is 26.2 Å². The maximum atomic E-state index is 14.2. The third-order valence-corrected chi connectivity index (χ3v) is 11.1. The predicted molar refractivity (Wildman–Crippen MR) is 286 cm³/mol. The molecule has 0 bridgehead atoms. The Morgan fingerprint density at radius 2 is 0.494 bits per heavy atom. The molecule has 0 spiro atoms. The molecule has 0 radical (unpaired) electrons. The maximum absolute atomic E-state index is 14.2. The highest BCUT2D eigenvalue weighted by Gasteiger charge is 2.35. The second-order valence-corrected chi connectivity index (χ2v) is 17.9. The molecule has 0 aliphatic heterocycles. The second kappa shape index (κ2) is 39.1. The number of aliphatic imine (C=N–C) groups is 4. The fourth-order valence-corrected chi connectivity index (χ4v) is 7.02. The number of hydrogen-bond donors (Lipinski definition) is 21. The van der Waals surface area contributed by atoms with E-state index in [0.717, 1.165) is 0 Å². The molecule has 0 aromatic carbocycles. The van der Waals surface area contributed by atoms with E-state index >= 15 is 0 Å². The van der Waals surface area contributed by atoms with Crippen LogP contribution in [0, 0.1) is 0 Å². The smallest absolute Gasteiger partial charge is 0.326 e. The van der Waals surface area contributed by atoms with E-state index in [2.05, 4.69) is 57.2 Å². The SMILES string of the molecule is NC(N)=NCCC[C@H](NC(=O)[C@H](CCC(=O)O)NC(=O)[C@H](CCCN=C(N)N)NC(=O)[C@H](CCC(=O)O)NC(=O)[C@H](CCCN=C(N)N)NC(=O)[C@H](CCC(=O)O)NC(=O)[C@@H](N)CCCN=C(N)N)C(=O)N[C@@H](CCC(=O)O)C(=O)O. The normalized spacial score (nSPS) is 13.6. The number of amides is 7. The number of carboxylic acids is 5. The first-order chi connectivity index (χ1) is 37.9. The van der Waals surface area contributed by atoms with E-state index in [4.69, 9.17) is 56.7 Å². The average Bonchev–Trinajstić information content (AvgIpc) is 3.39. The van der Waals surface area contributed by atoms with Crippen LogP contribution in [0.4, 0.5) is 0 Å². The van der Waals surface area contributed by atoms with Crippen molar-refractivity contribution in [3.63, 3.8) is 0 Å². The van der Waals surface area contributed by atoms with Crippen LogP contribution in [0.2, 0.25) is 0 Å². The summed E-state index contributed by atoms with van der Waals surface area (Å²) in [4.78, 5) is 170. The van der Waals surface area contributed by atoms with Gasteiger partial charge >= 0.3 is 29.8 Å². The molecule has 0 heterocycles. The van der Waals surface area contributed by atoms with Gasteiger partial charge in [0.15, 0.2) is 23.8 Å². The van der Waals surface area contributed by atoms with Gasteiger partial charge in [-0.3, -0.25) is 72.7 Å². The third-order valence-electron chi connectivity index (χ3n) is 11.1. The minimum atomic E-state index is -1.84. The van der Waals surface area contributed by atoms with Crippen molar-refractivity contribution >= 4 is 95.0 Å². The molecule has 0 aromatic rings. The Morgan fingerprint density at radius 3 is 0.716 bits per heavy atom. The Bertz CT molecular complexity index is 2280. The summed E-state index contributed by atoms with van der Waals surface area (Å²) in [7, 11) is 0. The van der Waals surface area contributed by atoms with Crippen LogP contribution >= 0.6 is 0 Å². The van der Waals surface area contributed by atoms with Crippen LogP contribution in [0.15, 0.2) is 20.0 Å². The van der Waals surface area contributed by atoms with E-state index in [9.17, 15) is 78.0 Å². The van der Waals surface area contributed by atoms with Crippen molar-refractivity contribution in [1.82, 2.24) is 37.2 Å². The molecule has 0 rings (SSSR count). The molecule has 0 unspecified atom stereocenters. The van der Waals surface area contributed by atoms with Gasteiger partial charge in [-0.05, 0) is 77.0 Å². The molecule has 8 atom stereocenters. The number of nitrogens with zero attached hydrogens (tertiary/aromatic N) is 4. The summed E-state index contributed by atoms with van der Waals surface area (Å²) in [5.41, 5.74) is 49.1. The standard InChI is InChI=1S/C44H78N20O17/c45-21(5-1-17-54-41(46)47)33(73)58-25(9-13-29(65)66)37(77)59-22(6-2-18-55-42(48)49)34(74)62-26(10-14-30(67)68)38(78)60-23(7-3-19-56-43(50)51)35(75)63-27(11-15-31(69)70)39(79)61-24(8-4-20-57-44(52)53)36(76)64-28(40(80)81)12-16-32(71)72/h21-28H,1-20,45H2,(H,58,73)(H,59,77)(H,60,78)(H,61,79)(H,62,74)(H,63,75)(H,64,76)(H,65,66)(H,67,68)(H,69,70)(H,71,72)(H,80,81)(H4,46,47,54)(H4,48,49,55)(H4,50,51,56)(H4,52,53,57)/t21-,22-,23-,24-,25-,26-,27-,28-/m0/s1. The number of nitrogens with two attached hydrogens (primary N) is 9. The van der Waals surface area contributed by atoms with Crippen LogP contribution in [-0.4, -0.2) is 195 Å². The first-order valence-electron chi connectivity index (χ1n) is 25.1. The summed E-state index contributed by atoms with van der Waals surface area (Å²) in [6, 6.07) is -13.3. The highest BCUT2D eigenvalue weighted by atomic mass is 16.4. The maximum Gasteiger partial charge on any atom is 0.326 e. The number of carboxylic acid groups (broad SMARTS) is 5. The molecule has 0 aliphatic rings. The predicted octanol–water partition coefficient (Wildman–Crippen LogP) is -8.53. The third kappa shape index (κ3) is 34.2. The van der Waals surface area contributed by atoms with Gasteiger partial charge in [-0.2, -0.15) is 0 Å². The van der Waals surface area contributed by atoms with Crippen molar-refractivity contribution in [1.29, 1.82) is 0 Å². The summed E-state index contributed by atoms with van der Waals surface area (Å²) in [6.07, 6.45) is -6.20. The van der Waals surface area contributed by atoms with Crippen LogP contribution in [0.3, 0.4) is 0 Å². The van der Waals surface area contributed by atoms with E-state index in [-0.39, 0.29) is 101 Å². The average molecular weight is 1160 g/mol. The van der Waals surface area contributed by atoms with Crippen molar-refractivity contribution in [3.05, 3.63) is 0 Å². The van der Waals surface area contributed by atoms with E-state index in [0.29, 0.717) is 0 Å². The van der Waals surface area contributed by atoms with Crippen LogP contribution in [0.25, 0.3) is 0 Å². The summed E-state index contributed by atoms with van der Waals surface area (Å²) in [6.45, 7) is -0.286. The Balaban J connectivity index is 7.18. The molecular weight excluding hydrogens is 1080 g/mol. The van der Waals surface area contributed by atoms with E-state index in [1.807, 2.05) is 0 Å². The van der Waals surface area contributed by atoms with Gasteiger partial charge in [-0.15, -0.1) is 0 Å². The highest BCUT2D eigenvalue weighted by Crippen LogP contribution is 2.11. The number of carbonyl (C=O) groups excluding carboxylic acids is 7. The van der Waals surface area contributed by atoms with Gasteiger partial charge in [0.1, 0.15) is 42.3 Å². The van der Waals surface area contributed by atoms with E-state index < -0.39 is 171 Å². The molecule has 0 fully saturated rings. The molecular formula is C44H78N20O17. The van der Waals surface area contributed by atoms with Crippen LogP contribution in [0.5, 0.6) is 0 Å². The zero-order valence-electron chi connectivity index (χ0n) is 44.4. The van der Waals surface area contributed by atoms with Gasteiger partial charge in [0.05, 0.1) is 6.04 Å². The largest absolute Gasteiger partial charge is 0.481 e. The topological polar surface area (TPSA) is 674 Å². The van der Waals surface area contributed by atoms with Crippen LogP contribution in [-0.2, 0) is 57.5 Å². The lowest BCUT2D eigenvalue weighted by atomic mass is 10.0. The first kappa shape index (κ1) is 71.7. The highest BCUT2D eigenvalue weighted by molar-refractivity contribution is 5.98. The van der Waals surface area contributed by atoms with Gasteiger partial charge < -0.3 is 114 Å². The minimum Gasteiger partial charge on any atom is -0.481 e. The Kier molecular flexibility index (Phi) is 34.6.